The normalized spacial score (nSPS) is 10.2. The summed E-state index contributed by atoms with van der Waals surface area (Å²) >= 11 is 0. The maximum atomic E-state index is 10.6. The van der Waals surface area contributed by atoms with Crippen molar-refractivity contribution in [2.75, 3.05) is 13.7 Å². The van der Waals surface area contributed by atoms with Gasteiger partial charge in [-0.1, -0.05) is 25.8 Å². The lowest BCUT2D eigenvalue weighted by atomic mass is 10.3. The van der Waals surface area contributed by atoms with Crippen LogP contribution >= 0.6 is 0 Å². The highest BCUT2D eigenvalue weighted by molar-refractivity contribution is 5.90. The van der Waals surface area contributed by atoms with E-state index in [1.165, 1.54) is 13.2 Å². The largest absolute Gasteiger partial charge is 0.465 e. The highest BCUT2D eigenvalue weighted by Crippen LogP contribution is 1.93. The second-order valence-corrected chi connectivity index (χ2v) is 3.45. The van der Waals surface area contributed by atoms with E-state index in [9.17, 15) is 9.59 Å². The van der Waals surface area contributed by atoms with Crippen LogP contribution in [0.25, 0.3) is 0 Å². The number of hydrogen-bond donors (Lipinski definition) is 1. The summed E-state index contributed by atoms with van der Waals surface area (Å²) in [6.07, 6.45) is 0.745. The minimum Gasteiger partial charge on any atom is -0.465 e. The van der Waals surface area contributed by atoms with Crippen molar-refractivity contribution in [3.05, 3.63) is 37.0 Å². The van der Waals surface area contributed by atoms with E-state index in [-0.39, 0.29) is 12.2 Å². The summed E-state index contributed by atoms with van der Waals surface area (Å²) in [6, 6.07) is 0. The predicted octanol–water partition coefficient (Wildman–Crippen LogP) is 1.39. The first-order chi connectivity index (χ1) is 8.26. The molecule has 0 heterocycles. The van der Waals surface area contributed by atoms with Gasteiger partial charge in [0.15, 0.2) is 0 Å². The molecule has 0 aliphatic heterocycles. The highest BCUT2D eigenvalue weighted by atomic mass is 16.5. The van der Waals surface area contributed by atoms with Crippen molar-refractivity contribution in [2.24, 2.45) is 0 Å². The van der Waals surface area contributed by atoms with Gasteiger partial charge in [0, 0.05) is 5.57 Å². The monoisotopic (exact) mass is 256 g/mol. The summed E-state index contributed by atoms with van der Waals surface area (Å²) in [4.78, 5) is 21.0. The second kappa shape index (κ2) is 10.3. The van der Waals surface area contributed by atoms with Gasteiger partial charge in [0.1, 0.15) is 6.61 Å². The van der Waals surface area contributed by atoms with Crippen molar-refractivity contribution < 1.29 is 24.2 Å². The molecule has 5 nitrogen and oxygen atoms in total. The Balaban J connectivity index is 0. The number of aliphatic hydroxyl groups is 1. The van der Waals surface area contributed by atoms with E-state index in [0.717, 1.165) is 0 Å². The van der Waals surface area contributed by atoms with E-state index < -0.39 is 18.0 Å². The van der Waals surface area contributed by atoms with Crippen LogP contribution in [0.1, 0.15) is 13.8 Å². The van der Waals surface area contributed by atoms with Crippen molar-refractivity contribution in [1.29, 1.82) is 0 Å². The molecule has 1 atom stereocenters. The summed E-state index contributed by atoms with van der Waals surface area (Å²) in [7, 11) is 1.30. The van der Waals surface area contributed by atoms with Gasteiger partial charge in [0.2, 0.25) is 0 Å². The summed E-state index contributed by atoms with van der Waals surface area (Å²) in [5, 5.41) is 8.68. The number of aliphatic hydroxyl groups excluding tert-OH is 1. The zero-order valence-electron chi connectivity index (χ0n) is 11.1. The van der Waals surface area contributed by atoms with Gasteiger partial charge in [0.25, 0.3) is 0 Å². The van der Waals surface area contributed by atoms with E-state index in [4.69, 9.17) is 5.11 Å². The topological polar surface area (TPSA) is 72.8 Å². The highest BCUT2D eigenvalue weighted by Gasteiger charge is 2.03. The first-order valence-corrected chi connectivity index (χ1v) is 5.16. The van der Waals surface area contributed by atoms with Gasteiger partial charge in [-0.2, -0.15) is 0 Å². The van der Waals surface area contributed by atoms with Crippen LogP contribution < -0.4 is 0 Å². The van der Waals surface area contributed by atoms with Crippen LogP contribution in [0.5, 0.6) is 0 Å². The molecule has 0 saturated carbocycles. The minimum absolute atomic E-state index is 0.0334. The lowest BCUT2D eigenvalue weighted by molar-refractivity contribution is -0.141. The van der Waals surface area contributed by atoms with Crippen molar-refractivity contribution in [3.8, 4) is 0 Å². The van der Waals surface area contributed by atoms with Gasteiger partial charge in [-0.15, -0.1) is 0 Å². The number of carbonyl (C=O) groups is 2. The van der Waals surface area contributed by atoms with E-state index in [2.05, 4.69) is 29.2 Å². The standard InChI is InChI=1S/C7H12O3.C6H8O2/c1-5(2)7(9)10-4-6(3)8;1-4-5(2)6(7)8-3/h6,8H,1,4H2,2-3H3;4H,1-2H2,3H3. The smallest absolute Gasteiger partial charge is 0.337 e. The Morgan fingerprint density at radius 2 is 1.83 bits per heavy atom. The van der Waals surface area contributed by atoms with Crippen LogP contribution in [0.2, 0.25) is 0 Å². The molecule has 0 radical (unpaired) electrons. The van der Waals surface area contributed by atoms with Crippen LogP contribution in [0, 0.1) is 0 Å². The van der Waals surface area contributed by atoms with Gasteiger partial charge < -0.3 is 14.6 Å². The van der Waals surface area contributed by atoms with Gasteiger partial charge >= 0.3 is 11.9 Å². The first-order valence-electron chi connectivity index (χ1n) is 5.16. The van der Waals surface area contributed by atoms with Crippen LogP contribution in [0.3, 0.4) is 0 Å². The molecule has 0 rings (SSSR count). The molecule has 102 valence electrons. The Bertz CT molecular complexity index is 328. The van der Waals surface area contributed by atoms with Crippen LogP contribution in [0.4, 0.5) is 0 Å². The Morgan fingerprint density at radius 3 is 2.06 bits per heavy atom. The molecule has 5 heteroatoms. The predicted molar refractivity (Wildman–Crippen MR) is 68.8 cm³/mol. The zero-order valence-corrected chi connectivity index (χ0v) is 11.1. The van der Waals surface area contributed by atoms with Crippen molar-refractivity contribution in [1.82, 2.24) is 0 Å². The first kappa shape index (κ1) is 18.5. The third kappa shape index (κ3) is 10.6. The number of esters is 2. The van der Waals surface area contributed by atoms with E-state index in [1.54, 1.807) is 13.8 Å². The summed E-state index contributed by atoms with van der Waals surface area (Å²) in [5.41, 5.74) is 0.633. The van der Waals surface area contributed by atoms with Gasteiger partial charge in [0.05, 0.1) is 18.8 Å². The fraction of sp³-hybridized carbons (Fsp3) is 0.385. The SMILES string of the molecule is C=C(C)C(=O)OCC(C)O.C=CC(=C)C(=O)OC. The molecule has 0 aromatic rings. The number of ether oxygens (including phenoxy) is 2. The molecule has 1 unspecified atom stereocenters. The number of hydrogen-bond acceptors (Lipinski definition) is 5. The molecule has 1 N–H and O–H groups in total. The summed E-state index contributed by atoms with van der Waals surface area (Å²) < 4.78 is 8.87. The number of methoxy groups -OCH3 is 1. The lowest BCUT2D eigenvalue weighted by Gasteiger charge is -2.04. The molecule has 0 aliphatic carbocycles. The van der Waals surface area contributed by atoms with E-state index in [1.807, 2.05) is 0 Å². The molecule has 0 fully saturated rings. The molecule has 0 aromatic heterocycles. The van der Waals surface area contributed by atoms with Gasteiger partial charge in [-0.3, -0.25) is 0 Å². The summed E-state index contributed by atoms with van der Waals surface area (Å²) in [5.74, 6) is -0.888. The molecule has 0 aliphatic rings. The van der Waals surface area contributed by atoms with Crippen molar-refractivity contribution in [3.63, 3.8) is 0 Å². The minimum atomic E-state index is -0.608. The molecule has 0 saturated heterocycles. The number of rotatable bonds is 5. The van der Waals surface area contributed by atoms with Crippen molar-refractivity contribution >= 4 is 11.9 Å². The van der Waals surface area contributed by atoms with Gasteiger partial charge in [-0.05, 0) is 13.8 Å². The average molecular weight is 256 g/mol. The Kier molecular flexibility index (Phi) is 10.6. The van der Waals surface area contributed by atoms with Crippen LogP contribution in [-0.4, -0.2) is 36.9 Å². The third-order valence-corrected chi connectivity index (χ3v) is 1.50. The third-order valence-electron chi connectivity index (χ3n) is 1.50. The summed E-state index contributed by atoms with van der Waals surface area (Å²) in [6.45, 7) is 13.2. The fourth-order valence-electron chi connectivity index (χ4n) is 0.534. The maximum absolute atomic E-state index is 10.6. The van der Waals surface area contributed by atoms with Crippen LogP contribution in [-0.2, 0) is 19.1 Å². The average Bonchev–Trinajstić information content (AvgIpc) is 2.34. The van der Waals surface area contributed by atoms with E-state index >= 15 is 0 Å². The van der Waals surface area contributed by atoms with Crippen molar-refractivity contribution in [2.45, 2.75) is 20.0 Å². The zero-order chi connectivity index (χ0) is 14.7. The molecular weight excluding hydrogens is 236 g/mol. The number of carbonyl (C=O) groups excluding carboxylic acids is 2. The molecular formula is C13H20O5. The quantitative estimate of drug-likeness (QED) is 0.457. The van der Waals surface area contributed by atoms with Gasteiger partial charge in [-0.25, -0.2) is 9.59 Å². The molecule has 0 bridgehead atoms. The molecule has 0 spiro atoms. The fourth-order valence-corrected chi connectivity index (χ4v) is 0.534. The van der Waals surface area contributed by atoms with E-state index in [0.29, 0.717) is 5.57 Å². The molecule has 0 aromatic carbocycles. The Morgan fingerprint density at radius 1 is 1.33 bits per heavy atom. The lowest BCUT2D eigenvalue weighted by Crippen LogP contribution is -2.15. The molecule has 0 amide bonds. The maximum Gasteiger partial charge on any atom is 0.337 e. The molecule has 18 heavy (non-hydrogen) atoms. The Labute approximate surface area is 107 Å². The second-order valence-electron chi connectivity index (χ2n) is 3.45. The van der Waals surface area contributed by atoms with Crippen LogP contribution in [0.15, 0.2) is 37.0 Å². The Hall–Kier alpha value is -1.88.